The summed E-state index contributed by atoms with van der Waals surface area (Å²) in [4.78, 5) is 13.1. The monoisotopic (exact) mass is 350 g/mol. The molecule has 26 heavy (non-hydrogen) atoms. The Balaban J connectivity index is 1.64. The van der Waals surface area contributed by atoms with Gasteiger partial charge >= 0.3 is 0 Å². The number of fused-ring (bicyclic) bond motifs is 1. The van der Waals surface area contributed by atoms with E-state index in [1.54, 1.807) is 12.3 Å². The minimum absolute atomic E-state index is 0.0388. The Morgan fingerprint density at radius 2 is 2.00 bits per heavy atom. The van der Waals surface area contributed by atoms with Crippen LogP contribution in [0.3, 0.4) is 0 Å². The third-order valence-electron chi connectivity index (χ3n) is 3.81. The highest BCUT2D eigenvalue weighted by molar-refractivity contribution is 5.82. The van der Waals surface area contributed by atoms with E-state index < -0.39 is 6.67 Å². The number of aryl methyl sites for hydroxylation is 1. The Hall–Kier alpha value is -3.35. The van der Waals surface area contributed by atoms with Gasteiger partial charge in [0, 0.05) is 22.8 Å². The zero-order chi connectivity index (χ0) is 17.9. The first-order valence-electron chi connectivity index (χ1n) is 8.09. The van der Waals surface area contributed by atoms with Crippen LogP contribution in [0.15, 0.2) is 53.2 Å². The minimum atomic E-state index is -0.521. The van der Waals surface area contributed by atoms with Gasteiger partial charge in [-0.15, -0.1) is 0 Å². The molecule has 7 heteroatoms. The van der Waals surface area contributed by atoms with Crippen molar-refractivity contribution in [2.45, 2.75) is 6.92 Å². The van der Waals surface area contributed by atoms with Crippen molar-refractivity contribution in [3.05, 3.63) is 54.4 Å². The second-order valence-corrected chi connectivity index (χ2v) is 5.70. The highest BCUT2D eigenvalue weighted by Crippen LogP contribution is 2.25. The average Bonchev–Trinajstić information content (AvgIpc) is 3.16. The molecule has 0 bridgehead atoms. The van der Waals surface area contributed by atoms with Gasteiger partial charge in [0.2, 0.25) is 5.82 Å². The summed E-state index contributed by atoms with van der Waals surface area (Å²) in [7, 11) is 0. The van der Waals surface area contributed by atoms with E-state index in [1.807, 2.05) is 43.3 Å². The SMILES string of the molecule is Cc1cc(-c2nc(-c3ccc4cc(OCCF)ccc4n3)no2)ccn1. The van der Waals surface area contributed by atoms with Crippen LogP contribution in [0.1, 0.15) is 5.69 Å². The number of halogens is 1. The van der Waals surface area contributed by atoms with Crippen molar-refractivity contribution in [2.75, 3.05) is 13.3 Å². The van der Waals surface area contributed by atoms with Gasteiger partial charge in [-0.1, -0.05) is 11.2 Å². The van der Waals surface area contributed by atoms with E-state index in [4.69, 9.17) is 9.26 Å². The van der Waals surface area contributed by atoms with Crippen LogP contribution in [0.2, 0.25) is 0 Å². The molecule has 0 radical (unpaired) electrons. The number of aromatic nitrogens is 4. The quantitative estimate of drug-likeness (QED) is 0.541. The lowest BCUT2D eigenvalue weighted by atomic mass is 10.2. The molecule has 6 nitrogen and oxygen atoms in total. The number of alkyl halides is 1. The molecule has 0 N–H and O–H groups in total. The van der Waals surface area contributed by atoms with Gasteiger partial charge in [0.25, 0.3) is 5.89 Å². The number of nitrogens with zero attached hydrogens (tertiary/aromatic N) is 4. The van der Waals surface area contributed by atoms with E-state index in [0.717, 1.165) is 22.2 Å². The molecule has 0 spiro atoms. The molecule has 0 unspecified atom stereocenters. The van der Waals surface area contributed by atoms with Gasteiger partial charge in [-0.05, 0) is 43.3 Å². The molecule has 130 valence electrons. The van der Waals surface area contributed by atoms with Crippen LogP contribution in [-0.2, 0) is 0 Å². The Labute approximate surface area is 148 Å². The maximum atomic E-state index is 12.2. The first-order chi connectivity index (χ1) is 12.7. The summed E-state index contributed by atoms with van der Waals surface area (Å²) >= 11 is 0. The van der Waals surface area contributed by atoms with Gasteiger partial charge in [-0.25, -0.2) is 9.37 Å². The van der Waals surface area contributed by atoms with E-state index in [-0.39, 0.29) is 6.61 Å². The molecule has 0 aliphatic rings. The first kappa shape index (κ1) is 16.1. The van der Waals surface area contributed by atoms with Crippen LogP contribution in [0.5, 0.6) is 5.75 Å². The molecule has 4 rings (SSSR count). The second-order valence-electron chi connectivity index (χ2n) is 5.70. The second kappa shape index (κ2) is 6.87. The smallest absolute Gasteiger partial charge is 0.258 e. The summed E-state index contributed by atoms with van der Waals surface area (Å²) in [5.74, 6) is 1.44. The molecule has 1 aromatic carbocycles. The topological polar surface area (TPSA) is 73.9 Å². The Bertz CT molecular complexity index is 1060. The number of hydrogen-bond donors (Lipinski definition) is 0. The molecule has 3 aromatic heterocycles. The molecule has 0 fully saturated rings. The largest absolute Gasteiger partial charge is 0.491 e. The maximum absolute atomic E-state index is 12.2. The van der Waals surface area contributed by atoms with E-state index in [2.05, 4.69) is 20.1 Å². The van der Waals surface area contributed by atoms with Crippen LogP contribution >= 0.6 is 0 Å². The molecule has 0 saturated heterocycles. The van der Waals surface area contributed by atoms with E-state index in [9.17, 15) is 4.39 Å². The molecule has 4 aromatic rings. The molecular formula is C19H15FN4O2. The van der Waals surface area contributed by atoms with Crippen LogP contribution < -0.4 is 4.74 Å². The lowest BCUT2D eigenvalue weighted by molar-refractivity contribution is 0.273. The van der Waals surface area contributed by atoms with Crippen molar-refractivity contribution >= 4 is 10.9 Å². The van der Waals surface area contributed by atoms with Crippen LogP contribution in [0, 0.1) is 6.92 Å². The molecule has 0 saturated carbocycles. The number of hydrogen-bond acceptors (Lipinski definition) is 6. The molecule has 0 amide bonds. The Kier molecular flexibility index (Phi) is 4.27. The summed E-state index contributed by atoms with van der Waals surface area (Å²) < 4.78 is 22.9. The van der Waals surface area contributed by atoms with Gasteiger partial charge < -0.3 is 9.26 Å². The number of rotatable bonds is 5. The van der Waals surface area contributed by atoms with E-state index in [1.165, 1.54) is 0 Å². The molecule has 3 heterocycles. The molecule has 0 atom stereocenters. The summed E-state index contributed by atoms with van der Waals surface area (Å²) in [6.07, 6.45) is 1.70. The van der Waals surface area contributed by atoms with E-state index in [0.29, 0.717) is 23.2 Å². The lowest BCUT2D eigenvalue weighted by Gasteiger charge is -2.05. The van der Waals surface area contributed by atoms with Crippen molar-refractivity contribution in [3.63, 3.8) is 0 Å². The van der Waals surface area contributed by atoms with Crippen molar-refractivity contribution in [3.8, 4) is 28.7 Å². The summed E-state index contributed by atoms with van der Waals surface area (Å²) in [6.45, 7) is 1.42. The molecule has 0 aliphatic carbocycles. The van der Waals surface area contributed by atoms with Crippen molar-refractivity contribution < 1.29 is 13.7 Å². The first-order valence-corrected chi connectivity index (χ1v) is 8.09. The van der Waals surface area contributed by atoms with Crippen LogP contribution in [-0.4, -0.2) is 33.4 Å². The van der Waals surface area contributed by atoms with Crippen molar-refractivity contribution in [1.29, 1.82) is 0 Å². The number of pyridine rings is 2. The summed E-state index contributed by atoms with van der Waals surface area (Å²) in [5.41, 5.74) is 3.06. The third-order valence-corrected chi connectivity index (χ3v) is 3.81. The number of benzene rings is 1. The fraction of sp³-hybridized carbons (Fsp3) is 0.158. The molecule has 0 aliphatic heterocycles. The summed E-state index contributed by atoms with van der Waals surface area (Å²) in [6, 6.07) is 12.8. The third kappa shape index (κ3) is 3.23. The summed E-state index contributed by atoms with van der Waals surface area (Å²) in [5, 5.41) is 4.91. The van der Waals surface area contributed by atoms with Gasteiger partial charge in [0.1, 0.15) is 24.7 Å². The van der Waals surface area contributed by atoms with Crippen molar-refractivity contribution in [2.24, 2.45) is 0 Å². The minimum Gasteiger partial charge on any atom is -0.491 e. The van der Waals surface area contributed by atoms with E-state index >= 15 is 0 Å². The lowest BCUT2D eigenvalue weighted by Crippen LogP contribution is -1.98. The van der Waals surface area contributed by atoms with Gasteiger partial charge in [-0.3, -0.25) is 4.98 Å². The highest BCUT2D eigenvalue weighted by atomic mass is 19.1. The standard InChI is InChI=1S/C19H15FN4O2/c1-12-10-14(6-8-21-12)19-23-18(24-26-19)17-4-2-13-11-15(25-9-7-20)3-5-16(13)22-17/h2-6,8,10-11H,7,9H2,1H3. The number of ether oxygens (including phenoxy) is 1. The van der Waals surface area contributed by atoms with Crippen LogP contribution in [0.4, 0.5) is 4.39 Å². The zero-order valence-corrected chi connectivity index (χ0v) is 14.0. The zero-order valence-electron chi connectivity index (χ0n) is 14.0. The molecular weight excluding hydrogens is 335 g/mol. The highest BCUT2D eigenvalue weighted by Gasteiger charge is 2.12. The normalized spacial score (nSPS) is 11.0. The van der Waals surface area contributed by atoms with Crippen molar-refractivity contribution in [1.82, 2.24) is 20.1 Å². The predicted octanol–water partition coefficient (Wildman–Crippen LogP) is 4.00. The van der Waals surface area contributed by atoms with Crippen LogP contribution in [0.25, 0.3) is 33.9 Å². The Morgan fingerprint density at radius 3 is 2.85 bits per heavy atom. The van der Waals surface area contributed by atoms with Gasteiger partial charge in [0.05, 0.1) is 5.52 Å². The maximum Gasteiger partial charge on any atom is 0.258 e. The van der Waals surface area contributed by atoms with Gasteiger partial charge in [0.15, 0.2) is 0 Å². The Morgan fingerprint density at radius 1 is 1.08 bits per heavy atom. The fourth-order valence-corrected chi connectivity index (χ4v) is 2.60. The average molecular weight is 350 g/mol. The fourth-order valence-electron chi connectivity index (χ4n) is 2.60. The predicted molar refractivity (Wildman–Crippen MR) is 94.5 cm³/mol. The van der Waals surface area contributed by atoms with Gasteiger partial charge in [-0.2, -0.15) is 4.98 Å².